The molecule has 0 spiro atoms. The lowest BCUT2D eigenvalue weighted by Gasteiger charge is -2.19. The summed E-state index contributed by atoms with van der Waals surface area (Å²) < 4.78 is 29.5. The summed E-state index contributed by atoms with van der Waals surface area (Å²) >= 11 is 8.95. The van der Waals surface area contributed by atoms with E-state index in [2.05, 4.69) is 26.1 Å². The van der Waals surface area contributed by atoms with Crippen molar-refractivity contribution in [3.05, 3.63) is 39.3 Å². The molecule has 0 aliphatic rings. The topological polar surface area (TPSA) is 30.7 Å². The summed E-state index contributed by atoms with van der Waals surface area (Å²) in [6.07, 6.45) is 0. The Kier molecular flexibility index (Phi) is 3.66. The Hall–Kier alpha value is -1.01. The van der Waals surface area contributed by atoms with Crippen LogP contribution in [-0.4, -0.2) is 14.8 Å². The first-order chi connectivity index (χ1) is 8.71. The Morgan fingerprint density at radius 1 is 1.16 bits per heavy atom. The number of halogens is 4. The molecule has 102 valence electrons. The summed E-state index contributed by atoms with van der Waals surface area (Å²) in [4.78, 5) is 0. The molecule has 0 unspecified atom stereocenters. The standard InChI is InChI=1S/C12H11BrClF2N3/c1-12(2,3)10-17-18-11(14)19(10)9-7(15)4-6(13)5-8(9)16/h4-5H,1-3H3. The smallest absolute Gasteiger partial charge is 0.229 e. The van der Waals surface area contributed by atoms with Crippen molar-refractivity contribution in [2.75, 3.05) is 0 Å². The summed E-state index contributed by atoms with van der Waals surface area (Å²) in [5, 5.41) is 7.52. The van der Waals surface area contributed by atoms with Crippen LogP contribution in [0.2, 0.25) is 5.28 Å². The lowest BCUT2D eigenvalue weighted by molar-refractivity contribution is 0.514. The second-order valence-corrected chi connectivity index (χ2v) is 6.35. The van der Waals surface area contributed by atoms with Crippen LogP contribution in [0, 0.1) is 11.6 Å². The summed E-state index contributed by atoms with van der Waals surface area (Å²) in [6, 6.07) is 2.34. The van der Waals surface area contributed by atoms with Gasteiger partial charge in [-0.3, -0.25) is 4.57 Å². The molecular formula is C12H11BrClF2N3. The molecule has 0 aliphatic heterocycles. The largest absolute Gasteiger partial charge is 0.263 e. The average molecular weight is 351 g/mol. The van der Waals surface area contributed by atoms with E-state index in [0.717, 1.165) is 0 Å². The van der Waals surface area contributed by atoms with Crippen LogP contribution in [0.1, 0.15) is 26.6 Å². The predicted molar refractivity (Wildman–Crippen MR) is 72.7 cm³/mol. The molecule has 0 fully saturated rings. The zero-order valence-electron chi connectivity index (χ0n) is 10.5. The van der Waals surface area contributed by atoms with Crippen molar-refractivity contribution in [3.8, 4) is 5.69 Å². The first-order valence-corrected chi connectivity index (χ1v) is 6.65. The van der Waals surface area contributed by atoms with Gasteiger partial charge < -0.3 is 0 Å². The molecule has 0 bridgehead atoms. The first-order valence-electron chi connectivity index (χ1n) is 5.48. The molecule has 2 rings (SSSR count). The lowest BCUT2D eigenvalue weighted by atomic mass is 9.95. The lowest BCUT2D eigenvalue weighted by Crippen LogP contribution is -2.19. The van der Waals surface area contributed by atoms with Gasteiger partial charge in [0.15, 0.2) is 11.6 Å². The SMILES string of the molecule is CC(C)(C)c1nnc(Cl)n1-c1c(F)cc(Br)cc1F. The monoisotopic (exact) mass is 349 g/mol. The van der Waals surface area contributed by atoms with Crippen LogP contribution in [0.25, 0.3) is 5.69 Å². The minimum atomic E-state index is -0.737. The number of hydrogen-bond donors (Lipinski definition) is 0. The summed E-state index contributed by atoms with van der Waals surface area (Å²) in [6.45, 7) is 5.58. The van der Waals surface area contributed by atoms with Gasteiger partial charge in [0.25, 0.3) is 0 Å². The number of nitrogens with zero attached hydrogens (tertiary/aromatic N) is 3. The van der Waals surface area contributed by atoms with Gasteiger partial charge in [0.05, 0.1) is 0 Å². The maximum Gasteiger partial charge on any atom is 0.229 e. The maximum atomic E-state index is 14.0. The predicted octanol–water partition coefficient (Wildman–Crippen LogP) is 4.26. The third-order valence-corrected chi connectivity index (χ3v) is 3.20. The minimum absolute atomic E-state index is 0.0787. The highest BCUT2D eigenvalue weighted by Crippen LogP contribution is 2.30. The van der Waals surface area contributed by atoms with Gasteiger partial charge in [-0.05, 0) is 23.7 Å². The summed E-state index contributed by atoms with van der Waals surface area (Å²) in [7, 11) is 0. The average Bonchev–Trinajstić information content (AvgIpc) is 2.59. The highest BCUT2D eigenvalue weighted by Gasteiger charge is 2.27. The van der Waals surface area contributed by atoms with E-state index in [4.69, 9.17) is 11.6 Å². The Balaban J connectivity index is 2.77. The van der Waals surface area contributed by atoms with Crippen molar-refractivity contribution in [1.82, 2.24) is 14.8 Å². The molecule has 7 heteroatoms. The highest BCUT2D eigenvalue weighted by molar-refractivity contribution is 9.10. The fraction of sp³-hybridized carbons (Fsp3) is 0.333. The fourth-order valence-electron chi connectivity index (χ4n) is 1.70. The molecule has 1 aromatic heterocycles. The number of rotatable bonds is 1. The number of aromatic nitrogens is 3. The van der Waals surface area contributed by atoms with Gasteiger partial charge in [0, 0.05) is 9.89 Å². The van der Waals surface area contributed by atoms with E-state index in [1.807, 2.05) is 20.8 Å². The zero-order chi connectivity index (χ0) is 14.4. The van der Waals surface area contributed by atoms with Crippen molar-refractivity contribution in [3.63, 3.8) is 0 Å². The van der Waals surface area contributed by atoms with Crippen LogP contribution < -0.4 is 0 Å². The Morgan fingerprint density at radius 3 is 2.16 bits per heavy atom. The highest BCUT2D eigenvalue weighted by atomic mass is 79.9. The van der Waals surface area contributed by atoms with Crippen molar-refractivity contribution >= 4 is 27.5 Å². The van der Waals surface area contributed by atoms with E-state index in [0.29, 0.717) is 10.3 Å². The Bertz CT molecular complexity index is 611. The van der Waals surface area contributed by atoms with Gasteiger partial charge in [-0.1, -0.05) is 36.7 Å². The minimum Gasteiger partial charge on any atom is -0.263 e. The fourth-order valence-corrected chi connectivity index (χ4v) is 2.30. The van der Waals surface area contributed by atoms with E-state index in [-0.39, 0.29) is 11.0 Å². The molecule has 0 aliphatic carbocycles. The Labute approximate surface area is 122 Å². The second kappa shape index (κ2) is 4.83. The van der Waals surface area contributed by atoms with Gasteiger partial charge in [-0.15, -0.1) is 10.2 Å². The third kappa shape index (κ3) is 2.65. The molecule has 0 saturated carbocycles. The zero-order valence-corrected chi connectivity index (χ0v) is 12.9. The van der Waals surface area contributed by atoms with Crippen LogP contribution in [0.3, 0.4) is 0 Å². The van der Waals surface area contributed by atoms with Crippen molar-refractivity contribution < 1.29 is 8.78 Å². The number of benzene rings is 1. The van der Waals surface area contributed by atoms with Gasteiger partial charge in [0.1, 0.15) is 11.5 Å². The van der Waals surface area contributed by atoms with Gasteiger partial charge in [-0.2, -0.15) is 0 Å². The van der Waals surface area contributed by atoms with Crippen molar-refractivity contribution in [2.45, 2.75) is 26.2 Å². The van der Waals surface area contributed by atoms with E-state index >= 15 is 0 Å². The van der Waals surface area contributed by atoms with Crippen LogP contribution in [0.15, 0.2) is 16.6 Å². The molecule has 3 nitrogen and oxygen atoms in total. The molecular weight excluding hydrogens is 340 g/mol. The Morgan fingerprint density at radius 2 is 1.68 bits per heavy atom. The second-order valence-electron chi connectivity index (χ2n) is 5.10. The quantitative estimate of drug-likeness (QED) is 0.769. The van der Waals surface area contributed by atoms with E-state index in [9.17, 15) is 8.78 Å². The third-order valence-electron chi connectivity index (χ3n) is 2.50. The van der Waals surface area contributed by atoms with Gasteiger partial charge >= 0.3 is 0 Å². The molecule has 0 amide bonds. The summed E-state index contributed by atoms with van der Waals surface area (Å²) in [5.41, 5.74) is -0.727. The number of hydrogen-bond acceptors (Lipinski definition) is 2. The molecule has 2 aromatic rings. The molecule has 0 saturated heterocycles. The molecule has 1 aromatic carbocycles. The van der Waals surface area contributed by atoms with Crippen LogP contribution in [0.4, 0.5) is 8.78 Å². The van der Waals surface area contributed by atoms with Gasteiger partial charge in [0.2, 0.25) is 5.28 Å². The first kappa shape index (κ1) is 14.4. The van der Waals surface area contributed by atoms with Crippen molar-refractivity contribution in [2.24, 2.45) is 0 Å². The summed E-state index contributed by atoms with van der Waals surface area (Å²) in [5.74, 6) is -1.09. The molecule has 1 heterocycles. The maximum absolute atomic E-state index is 14.0. The molecule has 0 radical (unpaired) electrons. The van der Waals surface area contributed by atoms with E-state index < -0.39 is 17.0 Å². The van der Waals surface area contributed by atoms with Gasteiger partial charge in [-0.25, -0.2) is 8.78 Å². The van der Waals surface area contributed by atoms with Crippen LogP contribution in [0.5, 0.6) is 0 Å². The van der Waals surface area contributed by atoms with Crippen LogP contribution in [-0.2, 0) is 5.41 Å². The van der Waals surface area contributed by atoms with Crippen molar-refractivity contribution in [1.29, 1.82) is 0 Å². The normalized spacial score (nSPS) is 11.9. The van der Waals surface area contributed by atoms with E-state index in [1.54, 1.807) is 0 Å². The molecule has 0 atom stereocenters. The van der Waals surface area contributed by atoms with Crippen LogP contribution >= 0.6 is 27.5 Å². The molecule has 19 heavy (non-hydrogen) atoms. The van der Waals surface area contributed by atoms with E-state index in [1.165, 1.54) is 16.7 Å². The molecule has 0 N–H and O–H groups in total.